The Labute approximate surface area is 112 Å². The quantitative estimate of drug-likeness (QED) is 0.548. The molecule has 0 bridgehead atoms. The third-order valence-electron chi connectivity index (χ3n) is 1.59. The fraction of sp³-hybridized carbons (Fsp3) is 0.875. The van der Waals surface area contributed by atoms with E-state index in [0.717, 1.165) is 0 Å². The van der Waals surface area contributed by atoms with Crippen LogP contribution in [-0.2, 0) is 9.53 Å². The Balaban J connectivity index is 4.24. The lowest BCUT2D eigenvalue weighted by Gasteiger charge is -2.25. The molecule has 0 rings (SSSR count). The van der Waals surface area contributed by atoms with Crippen LogP contribution < -0.4 is 0 Å². The molecule has 8 heteroatoms. The van der Waals surface area contributed by atoms with Gasteiger partial charge >= 0.3 is 11.4 Å². The largest absolute Gasteiger partial charge is 0.466 e. The number of ether oxygens (including phenoxy) is 1. The molecule has 0 aromatic rings. The predicted molar refractivity (Wildman–Crippen MR) is 60.7 cm³/mol. The molecule has 0 amide bonds. The zero-order valence-corrected chi connectivity index (χ0v) is 11.3. The summed E-state index contributed by atoms with van der Waals surface area (Å²) in [6.07, 6.45) is -0.795. The van der Waals surface area contributed by atoms with E-state index in [9.17, 15) is 13.6 Å². The van der Waals surface area contributed by atoms with Gasteiger partial charge in [-0.3, -0.25) is 4.79 Å². The molecule has 96 valence electrons. The van der Waals surface area contributed by atoms with Crippen LogP contribution in [-0.4, -0.2) is 27.7 Å². The van der Waals surface area contributed by atoms with Crippen LogP contribution in [0.1, 0.15) is 19.8 Å². The smallest absolute Gasteiger partial charge is 0.354 e. The topological polar surface area (TPSA) is 26.3 Å². The maximum atomic E-state index is 12.7. The number of esters is 1. The van der Waals surface area contributed by atoms with Crippen LogP contribution in [0, 0.1) is 0 Å². The summed E-state index contributed by atoms with van der Waals surface area (Å²) in [5.74, 6) is -0.607. The number of carbonyl (C=O) groups is 1. The van der Waals surface area contributed by atoms with Crippen molar-refractivity contribution in [1.82, 2.24) is 0 Å². The maximum absolute atomic E-state index is 12.7. The molecule has 0 spiro atoms. The van der Waals surface area contributed by atoms with E-state index in [1.807, 2.05) is 0 Å². The summed E-state index contributed by atoms with van der Waals surface area (Å²) in [5, 5.41) is -4.79. The van der Waals surface area contributed by atoms with E-state index in [4.69, 9.17) is 46.4 Å². The van der Waals surface area contributed by atoms with Crippen LogP contribution in [0.4, 0.5) is 8.78 Å². The summed E-state index contributed by atoms with van der Waals surface area (Å²) in [6.45, 7) is 1.79. The van der Waals surface area contributed by atoms with Gasteiger partial charge in [0.2, 0.25) is 0 Å². The van der Waals surface area contributed by atoms with Gasteiger partial charge in [0.25, 0.3) is 0 Å². The van der Waals surface area contributed by atoms with Crippen molar-refractivity contribution < 1.29 is 18.3 Å². The summed E-state index contributed by atoms with van der Waals surface area (Å²) >= 11 is 21.0. The molecule has 1 unspecified atom stereocenters. The van der Waals surface area contributed by atoms with Gasteiger partial charge in [-0.1, -0.05) is 23.2 Å². The van der Waals surface area contributed by atoms with Crippen LogP contribution >= 0.6 is 46.4 Å². The fourth-order valence-corrected chi connectivity index (χ4v) is 1.83. The minimum absolute atomic E-state index is 0.182. The monoisotopic (exact) mass is 316 g/mol. The van der Waals surface area contributed by atoms with Gasteiger partial charge in [0, 0.05) is 11.8 Å². The third kappa shape index (κ3) is 5.71. The lowest BCUT2D eigenvalue weighted by molar-refractivity contribution is -0.143. The van der Waals surface area contributed by atoms with E-state index in [0.29, 0.717) is 0 Å². The van der Waals surface area contributed by atoms with Gasteiger partial charge in [0.15, 0.2) is 4.33 Å². The average molecular weight is 318 g/mol. The highest BCUT2D eigenvalue weighted by Crippen LogP contribution is 2.45. The summed E-state index contributed by atoms with van der Waals surface area (Å²) < 4.78 is 27.4. The second-order valence-electron chi connectivity index (χ2n) is 3.01. The zero-order chi connectivity index (χ0) is 13.0. The Bertz CT molecular complexity index is 243. The molecule has 0 aromatic carbocycles. The highest BCUT2D eigenvalue weighted by atomic mass is 35.5. The number of halogens is 6. The van der Waals surface area contributed by atoms with Crippen molar-refractivity contribution in [3.8, 4) is 0 Å². The van der Waals surface area contributed by atoms with E-state index in [1.54, 1.807) is 6.92 Å². The molecular formula is C8H10Cl4F2O2. The minimum atomic E-state index is -3.82. The second kappa shape index (κ2) is 6.43. The molecule has 1 atom stereocenters. The van der Waals surface area contributed by atoms with Crippen molar-refractivity contribution in [2.75, 3.05) is 6.61 Å². The number of hydrogen-bond donors (Lipinski definition) is 0. The van der Waals surface area contributed by atoms with Crippen molar-refractivity contribution in [3.05, 3.63) is 0 Å². The van der Waals surface area contributed by atoms with E-state index in [1.165, 1.54) is 0 Å². The predicted octanol–water partition coefficient (Wildman–Crippen LogP) is 3.94. The molecule has 0 saturated heterocycles. The van der Waals surface area contributed by atoms with Gasteiger partial charge in [-0.05, 0) is 18.5 Å². The first-order chi connectivity index (χ1) is 7.10. The Morgan fingerprint density at radius 1 is 1.38 bits per heavy atom. The van der Waals surface area contributed by atoms with E-state index >= 15 is 0 Å². The molecular weight excluding hydrogens is 308 g/mol. The van der Waals surface area contributed by atoms with E-state index in [2.05, 4.69) is 4.74 Å². The molecule has 0 aliphatic carbocycles. The molecule has 16 heavy (non-hydrogen) atoms. The summed E-state index contributed by atoms with van der Waals surface area (Å²) in [7, 11) is 0. The molecule has 0 N–H and O–H groups in total. The molecule has 0 aliphatic rings. The van der Waals surface area contributed by atoms with Crippen LogP contribution in [0.5, 0.6) is 0 Å². The van der Waals surface area contributed by atoms with Crippen LogP contribution in [0.3, 0.4) is 0 Å². The van der Waals surface area contributed by atoms with Crippen molar-refractivity contribution in [2.24, 2.45) is 0 Å². The molecule has 0 saturated carbocycles. The van der Waals surface area contributed by atoms with Crippen molar-refractivity contribution in [3.63, 3.8) is 0 Å². The molecule has 2 nitrogen and oxygen atoms in total. The average Bonchev–Trinajstić information content (AvgIpc) is 1.99. The number of rotatable bonds is 6. The van der Waals surface area contributed by atoms with Crippen molar-refractivity contribution >= 4 is 52.4 Å². The van der Waals surface area contributed by atoms with Gasteiger partial charge in [-0.15, -0.1) is 11.6 Å². The van der Waals surface area contributed by atoms with Gasteiger partial charge in [0.05, 0.1) is 13.0 Å². The van der Waals surface area contributed by atoms with Crippen molar-refractivity contribution in [2.45, 2.75) is 34.9 Å². The Kier molecular flexibility index (Phi) is 6.63. The number of hydrogen-bond acceptors (Lipinski definition) is 2. The van der Waals surface area contributed by atoms with Crippen LogP contribution in [0.25, 0.3) is 0 Å². The normalized spacial score (nSPS) is 14.7. The molecule has 0 fully saturated rings. The SMILES string of the molecule is CCOC(=O)CC(Cl)CC(Cl)(Cl)C(F)(F)Cl. The molecule has 0 aliphatic heterocycles. The fourth-order valence-electron chi connectivity index (χ4n) is 0.867. The molecule has 0 heterocycles. The standard InChI is InChI=1S/C8H10Cl4F2O2/c1-2-16-6(15)3-5(9)4-7(10,11)8(12,13)14/h5H,2-4H2,1H3. The maximum Gasteiger partial charge on any atom is 0.354 e. The number of carbonyl (C=O) groups excluding carboxylic acids is 1. The number of alkyl halides is 6. The second-order valence-corrected chi connectivity index (χ2v) is 5.59. The summed E-state index contributed by atoms with van der Waals surface area (Å²) in [4.78, 5) is 11.0. The third-order valence-corrected chi connectivity index (χ3v) is 3.19. The Morgan fingerprint density at radius 3 is 2.25 bits per heavy atom. The van der Waals surface area contributed by atoms with Crippen molar-refractivity contribution in [1.29, 1.82) is 0 Å². The Hall–Kier alpha value is 0.490. The Morgan fingerprint density at radius 2 is 1.88 bits per heavy atom. The lowest BCUT2D eigenvalue weighted by Crippen LogP contribution is -2.36. The lowest BCUT2D eigenvalue weighted by atomic mass is 10.2. The van der Waals surface area contributed by atoms with E-state index < -0.39 is 27.5 Å². The van der Waals surface area contributed by atoms with Gasteiger partial charge in [-0.2, -0.15) is 8.78 Å². The first-order valence-electron chi connectivity index (χ1n) is 4.34. The van der Waals surface area contributed by atoms with Crippen LogP contribution in [0.2, 0.25) is 0 Å². The van der Waals surface area contributed by atoms with Gasteiger partial charge < -0.3 is 4.74 Å². The summed E-state index contributed by atoms with van der Waals surface area (Å²) in [6, 6.07) is 0. The van der Waals surface area contributed by atoms with Crippen LogP contribution in [0.15, 0.2) is 0 Å². The molecule has 0 radical (unpaired) electrons. The first kappa shape index (κ1) is 16.5. The van der Waals surface area contributed by atoms with Gasteiger partial charge in [-0.25, -0.2) is 0 Å². The summed E-state index contributed by atoms with van der Waals surface area (Å²) in [5.41, 5.74) is 0. The minimum Gasteiger partial charge on any atom is -0.466 e. The highest BCUT2D eigenvalue weighted by molar-refractivity contribution is 6.53. The molecule has 0 aromatic heterocycles. The zero-order valence-electron chi connectivity index (χ0n) is 8.28. The van der Waals surface area contributed by atoms with Gasteiger partial charge in [0.1, 0.15) is 0 Å². The first-order valence-corrected chi connectivity index (χ1v) is 5.91. The van der Waals surface area contributed by atoms with E-state index in [-0.39, 0.29) is 13.0 Å². The highest BCUT2D eigenvalue weighted by Gasteiger charge is 2.51.